The van der Waals surface area contributed by atoms with Crippen LogP contribution in [-0.4, -0.2) is 50.1 Å². The van der Waals surface area contributed by atoms with E-state index < -0.39 is 0 Å². The molecule has 0 aliphatic carbocycles. The number of rotatable bonds is 6. The van der Waals surface area contributed by atoms with Gasteiger partial charge in [-0.15, -0.1) is 0 Å². The Hall–Kier alpha value is -3.80. The van der Waals surface area contributed by atoms with Crippen molar-refractivity contribution in [3.05, 3.63) is 83.9 Å². The van der Waals surface area contributed by atoms with Crippen LogP contribution in [0.3, 0.4) is 0 Å². The number of amides is 2. The quantitative estimate of drug-likeness (QED) is 0.612. The Labute approximate surface area is 194 Å². The van der Waals surface area contributed by atoms with Gasteiger partial charge in [-0.05, 0) is 54.8 Å². The molecule has 0 aromatic heterocycles. The Kier molecular flexibility index (Phi) is 6.93. The van der Waals surface area contributed by atoms with E-state index in [1.807, 2.05) is 59.5 Å². The lowest BCUT2D eigenvalue weighted by molar-refractivity contribution is 0.0698. The van der Waals surface area contributed by atoms with E-state index in [1.165, 1.54) is 0 Å². The maximum atomic E-state index is 13.0. The van der Waals surface area contributed by atoms with Crippen molar-refractivity contribution >= 4 is 11.8 Å². The first kappa shape index (κ1) is 22.4. The van der Waals surface area contributed by atoms with Crippen LogP contribution in [0.25, 0.3) is 11.1 Å². The summed E-state index contributed by atoms with van der Waals surface area (Å²) in [5, 5.41) is 3.08. The zero-order valence-corrected chi connectivity index (χ0v) is 18.9. The number of benzene rings is 3. The van der Waals surface area contributed by atoms with Gasteiger partial charge in [0.1, 0.15) is 11.5 Å². The molecule has 1 N–H and O–H groups in total. The normalized spacial score (nSPS) is 13.9. The largest absolute Gasteiger partial charge is 0.497 e. The number of likely N-dealkylation sites (tertiary alicyclic amines) is 1. The number of carbonyl (C=O) groups excluding carboxylic acids is 2. The Morgan fingerprint density at radius 1 is 0.848 bits per heavy atom. The zero-order chi connectivity index (χ0) is 23.2. The monoisotopic (exact) mass is 444 g/mol. The fourth-order valence-corrected chi connectivity index (χ4v) is 4.12. The minimum Gasteiger partial charge on any atom is -0.497 e. The van der Waals surface area contributed by atoms with Crippen LogP contribution in [0.4, 0.5) is 0 Å². The second-order valence-corrected chi connectivity index (χ2v) is 8.05. The molecule has 0 saturated carbocycles. The number of hydrogen-bond donors (Lipinski definition) is 1. The van der Waals surface area contributed by atoms with Gasteiger partial charge in [-0.25, -0.2) is 0 Å². The lowest BCUT2D eigenvalue weighted by atomic mass is 10.0. The van der Waals surface area contributed by atoms with Crippen LogP contribution in [0, 0.1) is 0 Å². The molecule has 0 unspecified atom stereocenters. The fourth-order valence-electron chi connectivity index (χ4n) is 4.12. The molecule has 1 heterocycles. The third kappa shape index (κ3) is 5.17. The van der Waals surface area contributed by atoms with Crippen LogP contribution in [0.5, 0.6) is 11.5 Å². The SMILES string of the molecule is COc1cccc(C(=O)NC2CCN(C(=O)c3ccc(-c4ccccc4OC)cc3)CC2)c1. The highest BCUT2D eigenvalue weighted by molar-refractivity contribution is 5.95. The van der Waals surface area contributed by atoms with Crippen molar-refractivity contribution in [3.8, 4) is 22.6 Å². The summed E-state index contributed by atoms with van der Waals surface area (Å²) in [6.45, 7) is 1.21. The van der Waals surface area contributed by atoms with Crippen molar-refractivity contribution in [1.82, 2.24) is 10.2 Å². The number of carbonyl (C=O) groups is 2. The van der Waals surface area contributed by atoms with Gasteiger partial charge in [-0.1, -0.05) is 36.4 Å². The molecule has 0 radical (unpaired) electrons. The second kappa shape index (κ2) is 10.2. The molecule has 1 saturated heterocycles. The first-order valence-electron chi connectivity index (χ1n) is 11.1. The van der Waals surface area contributed by atoms with Crippen LogP contribution in [0.15, 0.2) is 72.8 Å². The number of nitrogens with zero attached hydrogens (tertiary/aromatic N) is 1. The topological polar surface area (TPSA) is 67.9 Å². The number of nitrogens with one attached hydrogen (secondary N) is 1. The summed E-state index contributed by atoms with van der Waals surface area (Å²) >= 11 is 0. The van der Waals surface area contributed by atoms with Gasteiger partial charge in [0.2, 0.25) is 0 Å². The Balaban J connectivity index is 1.34. The highest BCUT2D eigenvalue weighted by Gasteiger charge is 2.25. The van der Waals surface area contributed by atoms with Crippen molar-refractivity contribution < 1.29 is 19.1 Å². The predicted octanol–water partition coefficient (Wildman–Crippen LogP) is 4.41. The fraction of sp³-hybridized carbons (Fsp3) is 0.259. The van der Waals surface area contributed by atoms with E-state index in [4.69, 9.17) is 9.47 Å². The maximum Gasteiger partial charge on any atom is 0.253 e. The van der Waals surface area contributed by atoms with E-state index in [0.717, 1.165) is 29.7 Å². The lowest BCUT2D eigenvalue weighted by Crippen LogP contribution is -2.46. The van der Waals surface area contributed by atoms with Crippen LogP contribution < -0.4 is 14.8 Å². The van der Waals surface area contributed by atoms with E-state index in [1.54, 1.807) is 32.4 Å². The molecule has 1 aliphatic rings. The Morgan fingerprint density at radius 2 is 1.58 bits per heavy atom. The highest BCUT2D eigenvalue weighted by atomic mass is 16.5. The van der Waals surface area contributed by atoms with Crippen molar-refractivity contribution in [3.63, 3.8) is 0 Å². The first-order chi connectivity index (χ1) is 16.1. The minimum absolute atomic E-state index is 0.0131. The van der Waals surface area contributed by atoms with Gasteiger partial charge in [0.25, 0.3) is 11.8 Å². The summed E-state index contributed by atoms with van der Waals surface area (Å²) in [5.41, 5.74) is 3.23. The smallest absolute Gasteiger partial charge is 0.253 e. The molecule has 1 fully saturated rings. The number of methoxy groups -OCH3 is 2. The summed E-state index contributed by atoms with van der Waals surface area (Å²) in [5.74, 6) is 1.35. The summed E-state index contributed by atoms with van der Waals surface area (Å²) in [7, 11) is 3.23. The molecular formula is C27H28N2O4. The van der Waals surface area contributed by atoms with E-state index in [9.17, 15) is 9.59 Å². The standard InChI is InChI=1S/C27H28N2O4/c1-32-23-7-5-6-21(18-23)26(30)28-22-14-16-29(17-15-22)27(31)20-12-10-19(11-13-20)24-8-3-4-9-25(24)33-2/h3-13,18,22H,14-17H2,1-2H3,(H,28,30). The third-order valence-corrected chi connectivity index (χ3v) is 6.00. The summed E-state index contributed by atoms with van der Waals surface area (Å²) in [6, 6.07) is 22.6. The van der Waals surface area contributed by atoms with Crippen LogP contribution >= 0.6 is 0 Å². The van der Waals surface area contributed by atoms with Gasteiger partial charge < -0.3 is 19.7 Å². The average molecular weight is 445 g/mol. The molecule has 170 valence electrons. The van der Waals surface area contributed by atoms with Gasteiger partial charge in [-0.3, -0.25) is 9.59 Å². The second-order valence-electron chi connectivity index (χ2n) is 8.05. The van der Waals surface area contributed by atoms with Gasteiger partial charge in [0.15, 0.2) is 0 Å². The van der Waals surface area contributed by atoms with Crippen molar-refractivity contribution in [2.24, 2.45) is 0 Å². The van der Waals surface area contributed by atoms with Crippen molar-refractivity contribution in [2.45, 2.75) is 18.9 Å². The predicted molar refractivity (Wildman–Crippen MR) is 128 cm³/mol. The van der Waals surface area contributed by atoms with E-state index in [-0.39, 0.29) is 17.9 Å². The Morgan fingerprint density at radius 3 is 2.27 bits per heavy atom. The number of para-hydroxylation sites is 1. The lowest BCUT2D eigenvalue weighted by Gasteiger charge is -2.32. The van der Waals surface area contributed by atoms with Gasteiger partial charge in [0, 0.05) is 35.8 Å². The number of hydrogen-bond acceptors (Lipinski definition) is 4. The van der Waals surface area contributed by atoms with Crippen LogP contribution in [0.2, 0.25) is 0 Å². The van der Waals surface area contributed by atoms with Gasteiger partial charge >= 0.3 is 0 Å². The van der Waals surface area contributed by atoms with E-state index in [0.29, 0.717) is 30.0 Å². The molecule has 3 aromatic rings. The third-order valence-electron chi connectivity index (χ3n) is 6.00. The van der Waals surface area contributed by atoms with Crippen molar-refractivity contribution in [1.29, 1.82) is 0 Å². The minimum atomic E-state index is -0.120. The van der Waals surface area contributed by atoms with Crippen LogP contribution in [-0.2, 0) is 0 Å². The van der Waals surface area contributed by atoms with E-state index in [2.05, 4.69) is 5.32 Å². The molecule has 1 aliphatic heterocycles. The molecule has 0 atom stereocenters. The van der Waals surface area contributed by atoms with Crippen molar-refractivity contribution in [2.75, 3.05) is 27.3 Å². The molecule has 2 amide bonds. The number of ether oxygens (including phenoxy) is 2. The van der Waals surface area contributed by atoms with Gasteiger partial charge in [-0.2, -0.15) is 0 Å². The first-order valence-corrected chi connectivity index (χ1v) is 11.1. The molecular weight excluding hydrogens is 416 g/mol. The number of piperidine rings is 1. The molecule has 0 bridgehead atoms. The summed E-state index contributed by atoms with van der Waals surface area (Å²) in [4.78, 5) is 27.4. The molecule has 6 nitrogen and oxygen atoms in total. The average Bonchev–Trinajstić information content (AvgIpc) is 2.88. The highest BCUT2D eigenvalue weighted by Crippen LogP contribution is 2.29. The molecule has 33 heavy (non-hydrogen) atoms. The molecule has 4 rings (SSSR count). The zero-order valence-electron chi connectivity index (χ0n) is 18.9. The van der Waals surface area contributed by atoms with Crippen LogP contribution in [0.1, 0.15) is 33.6 Å². The van der Waals surface area contributed by atoms with Gasteiger partial charge in [0.05, 0.1) is 14.2 Å². The Bertz CT molecular complexity index is 1120. The molecule has 3 aromatic carbocycles. The summed E-state index contributed by atoms with van der Waals surface area (Å²) in [6.07, 6.45) is 1.45. The maximum absolute atomic E-state index is 13.0. The molecule has 6 heteroatoms. The molecule has 0 spiro atoms. The summed E-state index contributed by atoms with van der Waals surface area (Å²) < 4.78 is 10.6. The van der Waals surface area contributed by atoms with E-state index >= 15 is 0 Å².